The van der Waals surface area contributed by atoms with Gasteiger partial charge in [0.05, 0.1) is 4.92 Å². The van der Waals surface area contributed by atoms with Crippen molar-refractivity contribution in [2.45, 2.75) is 0 Å². The predicted molar refractivity (Wildman–Crippen MR) is 43.7 cm³/mol. The fourth-order valence-electron chi connectivity index (χ4n) is 1.20. The van der Waals surface area contributed by atoms with E-state index in [4.69, 9.17) is 9.47 Å². The highest BCUT2D eigenvalue weighted by Gasteiger charge is 2.27. The van der Waals surface area contributed by atoms with Crippen LogP contribution < -0.4 is 9.47 Å². The van der Waals surface area contributed by atoms with Crippen LogP contribution in [0.15, 0.2) is 12.1 Å². The molecule has 1 aromatic carbocycles. The Morgan fingerprint density at radius 1 is 1.46 bits per heavy atom. The van der Waals surface area contributed by atoms with Gasteiger partial charge in [0, 0.05) is 5.56 Å². The number of hydrogen-bond donors (Lipinski definition) is 0. The number of nitrogens with zero attached hydrogens (tertiary/aromatic N) is 1. The lowest BCUT2D eigenvalue weighted by molar-refractivity contribution is -0.386. The fourth-order valence-corrected chi connectivity index (χ4v) is 1.20. The van der Waals surface area contributed by atoms with Crippen LogP contribution >= 0.6 is 0 Å². The van der Waals surface area contributed by atoms with E-state index in [-0.39, 0.29) is 18.2 Å². The molecule has 1 radical (unpaired) electrons. The molecule has 0 atom stereocenters. The second-order valence-electron chi connectivity index (χ2n) is 2.56. The van der Waals surface area contributed by atoms with Gasteiger partial charge in [-0.15, -0.1) is 0 Å². The van der Waals surface area contributed by atoms with Crippen LogP contribution in [-0.2, 0) is 0 Å². The molecule has 0 saturated heterocycles. The monoisotopic (exact) mass is 180 g/mol. The van der Waals surface area contributed by atoms with E-state index in [1.807, 2.05) is 0 Å². The Kier molecular flexibility index (Phi) is 1.58. The number of benzene rings is 1. The van der Waals surface area contributed by atoms with Crippen molar-refractivity contribution >= 4 is 5.69 Å². The van der Waals surface area contributed by atoms with Crippen molar-refractivity contribution in [3.63, 3.8) is 0 Å². The zero-order valence-corrected chi connectivity index (χ0v) is 6.65. The van der Waals surface area contributed by atoms with E-state index in [0.717, 1.165) is 0 Å². The lowest BCUT2D eigenvalue weighted by atomic mass is 10.2. The molecule has 0 aliphatic carbocycles. The van der Waals surface area contributed by atoms with Crippen LogP contribution in [0.3, 0.4) is 0 Å². The molecule has 2 rings (SSSR count). The first-order chi connectivity index (χ1) is 6.20. The lowest BCUT2D eigenvalue weighted by Gasteiger charge is -1.99. The molecule has 1 aliphatic heterocycles. The summed E-state index contributed by atoms with van der Waals surface area (Å²) in [6, 6.07) is 3.14. The molecule has 0 aromatic heterocycles. The van der Waals surface area contributed by atoms with Gasteiger partial charge in [0.15, 0.2) is 5.75 Å². The van der Waals surface area contributed by atoms with Gasteiger partial charge in [-0.3, -0.25) is 10.1 Å². The van der Waals surface area contributed by atoms with Crippen molar-refractivity contribution in [1.29, 1.82) is 0 Å². The van der Waals surface area contributed by atoms with Crippen LogP contribution in [0, 0.1) is 17.0 Å². The highest BCUT2D eigenvalue weighted by molar-refractivity contribution is 5.62. The topological polar surface area (TPSA) is 61.6 Å². The highest BCUT2D eigenvalue weighted by atomic mass is 16.7. The molecule has 13 heavy (non-hydrogen) atoms. The summed E-state index contributed by atoms with van der Waals surface area (Å²) in [6.45, 7) is 3.57. The van der Waals surface area contributed by atoms with Crippen LogP contribution in [0.4, 0.5) is 5.69 Å². The smallest absolute Gasteiger partial charge is 0.318 e. The molecule has 1 heterocycles. The number of ether oxygens (including phenoxy) is 2. The van der Waals surface area contributed by atoms with Crippen molar-refractivity contribution in [2.24, 2.45) is 0 Å². The summed E-state index contributed by atoms with van der Waals surface area (Å²) in [7, 11) is 0. The van der Waals surface area contributed by atoms with Crippen molar-refractivity contribution in [3.05, 3.63) is 34.7 Å². The van der Waals surface area contributed by atoms with E-state index < -0.39 is 4.92 Å². The van der Waals surface area contributed by atoms with Gasteiger partial charge in [-0.1, -0.05) is 0 Å². The van der Waals surface area contributed by atoms with Gasteiger partial charge in [0.25, 0.3) is 0 Å². The van der Waals surface area contributed by atoms with Crippen LogP contribution in [0.25, 0.3) is 0 Å². The Morgan fingerprint density at radius 3 is 2.92 bits per heavy atom. The molecular formula is C8H6NO4. The van der Waals surface area contributed by atoms with Crippen LogP contribution in [0.5, 0.6) is 11.5 Å². The van der Waals surface area contributed by atoms with Gasteiger partial charge < -0.3 is 9.47 Å². The number of nitro benzene ring substituents is 1. The Hall–Kier alpha value is -1.78. The SMILES string of the molecule is [CH2]c1ccc2c(c1[N+](=O)[O-])OCO2. The molecule has 67 valence electrons. The van der Waals surface area contributed by atoms with E-state index in [1.165, 1.54) is 6.07 Å². The first-order valence-corrected chi connectivity index (χ1v) is 3.59. The third-order valence-electron chi connectivity index (χ3n) is 1.78. The van der Waals surface area contributed by atoms with E-state index in [0.29, 0.717) is 11.3 Å². The molecule has 5 nitrogen and oxygen atoms in total. The molecule has 0 N–H and O–H groups in total. The maximum absolute atomic E-state index is 10.6. The van der Waals surface area contributed by atoms with E-state index in [2.05, 4.69) is 6.92 Å². The average Bonchev–Trinajstić information content (AvgIpc) is 2.50. The van der Waals surface area contributed by atoms with Gasteiger partial charge in [0.1, 0.15) is 0 Å². The first kappa shape index (κ1) is 7.85. The Morgan fingerprint density at radius 2 is 2.23 bits per heavy atom. The van der Waals surface area contributed by atoms with Crippen molar-refractivity contribution in [3.8, 4) is 11.5 Å². The first-order valence-electron chi connectivity index (χ1n) is 3.59. The van der Waals surface area contributed by atoms with Crippen molar-refractivity contribution in [2.75, 3.05) is 6.79 Å². The third-order valence-corrected chi connectivity index (χ3v) is 1.78. The molecule has 1 aromatic rings. The second kappa shape index (κ2) is 2.62. The summed E-state index contributed by atoms with van der Waals surface area (Å²) in [4.78, 5) is 10.1. The summed E-state index contributed by atoms with van der Waals surface area (Å²) in [5, 5.41) is 10.6. The van der Waals surface area contributed by atoms with Crippen LogP contribution in [-0.4, -0.2) is 11.7 Å². The minimum atomic E-state index is -0.518. The molecule has 1 aliphatic rings. The highest BCUT2D eigenvalue weighted by Crippen LogP contribution is 2.42. The molecule has 0 spiro atoms. The summed E-state index contributed by atoms with van der Waals surface area (Å²) in [5.41, 5.74) is 0.212. The average molecular weight is 180 g/mol. The van der Waals surface area contributed by atoms with Gasteiger partial charge in [0.2, 0.25) is 12.5 Å². The van der Waals surface area contributed by atoms with Crippen LogP contribution in [0.2, 0.25) is 0 Å². The third kappa shape index (κ3) is 1.09. The predicted octanol–water partition coefficient (Wildman–Crippen LogP) is 1.51. The zero-order chi connectivity index (χ0) is 9.42. The second-order valence-corrected chi connectivity index (χ2v) is 2.56. The maximum atomic E-state index is 10.6. The minimum absolute atomic E-state index is 0.0274. The number of hydrogen-bond acceptors (Lipinski definition) is 4. The van der Waals surface area contributed by atoms with Crippen molar-refractivity contribution in [1.82, 2.24) is 0 Å². The summed E-state index contributed by atoms with van der Waals surface area (Å²) in [5.74, 6) is 0.580. The molecule has 0 saturated carbocycles. The van der Waals surface area contributed by atoms with E-state index in [1.54, 1.807) is 6.07 Å². The normalized spacial score (nSPS) is 13.0. The number of fused-ring (bicyclic) bond motifs is 1. The van der Waals surface area contributed by atoms with Crippen LogP contribution in [0.1, 0.15) is 5.56 Å². The summed E-state index contributed by atoms with van der Waals surface area (Å²) < 4.78 is 9.96. The zero-order valence-electron chi connectivity index (χ0n) is 6.65. The van der Waals surface area contributed by atoms with E-state index >= 15 is 0 Å². The fraction of sp³-hybridized carbons (Fsp3) is 0.125. The summed E-state index contributed by atoms with van der Waals surface area (Å²) >= 11 is 0. The van der Waals surface area contributed by atoms with Gasteiger partial charge in [-0.2, -0.15) is 0 Å². The van der Waals surface area contributed by atoms with Gasteiger partial charge in [-0.25, -0.2) is 0 Å². The maximum Gasteiger partial charge on any atom is 0.318 e. The standard InChI is InChI=1S/C8H6NO4/c1-5-2-3-6-8(13-4-12-6)7(5)9(10)11/h2-3H,1,4H2. The van der Waals surface area contributed by atoms with Gasteiger partial charge in [-0.05, 0) is 19.1 Å². The van der Waals surface area contributed by atoms with E-state index in [9.17, 15) is 10.1 Å². The number of nitro groups is 1. The lowest BCUT2D eigenvalue weighted by Crippen LogP contribution is -1.96. The van der Waals surface area contributed by atoms with Gasteiger partial charge >= 0.3 is 5.69 Å². The van der Waals surface area contributed by atoms with Crippen molar-refractivity contribution < 1.29 is 14.4 Å². The minimum Gasteiger partial charge on any atom is -0.453 e. The Bertz CT molecular complexity index is 375. The Balaban J connectivity index is 2.65. The largest absolute Gasteiger partial charge is 0.453 e. The molecule has 0 fully saturated rings. The molecule has 0 unspecified atom stereocenters. The quantitative estimate of drug-likeness (QED) is 0.485. The Labute approximate surface area is 74.0 Å². The molecule has 5 heteroatoms. The molecule has 0 amide bonds. The summed E-state index contributed by atoms with van der Waals surface area (Å²) in [6.07, 6.45) is 0. The number of rotatable bonds is 1. The molecule has 0 bridgehead atoms. The molecular weight excluding hydrogens is 174 g/mol.